The van der Waals surface area contributed by atoms with Gasteiger partial charge < -0.3 is 15.1 Å². The predicted octanol–water partition coefficient (Wildman–Crippen LogP) is -1.49. The highest BCUT2D eigenvalue weighted by molar-refractivity contribution is 5.79. The molecule has 1 unspecified atom stereocenters. The molecule has 0 bridgehead atoms. The Morgan fingerprint density at radius 2 is 2.30 bits per heavy atom. The second-order valence-electron chi connectivity index (χ2n) is 2.06. The molecular formula is C6H11NO3. The van der Waals surface area contributed by atoms with Crippen molar-refractivity contribution in [1.82, 2.24) is 4.90 Å². The van der Waals surface area contributed by atoms with Crippen LogP contribution >= 0.6 is 0 Å². The third-order valence-electron chi connectivity index (χ3n) is 1.07. The Morgan fingerprint density at radius 3 is 2.60 bits per heavy atom. The zero-order chi connectivity index (χ0) is 8.15. The van der Waals surface area contributed by atoms with Crippen LogP contribution in [0, 0.1) is 6.92 Å². The van der Waals surface area contributed by atoms with Crippen molar-refractivity contribution in [3.8, 4) is 0 Å². The van der Waals surface area contributed by atoms with Gasteiger partial charge in [0.05, 0.1) is 19.6 Å². The second-order valence-corrected chi connectivity index (χ2v) is 2.06. The fourth-order valence-electron chi connectivity index (χ4n) is 0.464. The van der Waals surface area contributed by atoms with Gasteiger partial charge in [0.2, 0.25) is 5.91 Å². The SMILES string of the molecule is [CH]C(=O)N(C)CC(O)CO. The van der Waals surface area contributed by atoms with Gasteiger partial charge in [-0.05, 0) is 0 Å². The Balaban J connectivity index is 3.56. The van der Waals surface area contributed by atoms with Gasteiger partial charge in [0.15, 0.2) is 0 Å². The van der Waals surface area contributed by atoms with Gasteiger partial charge in [0, 0.05) is 13.6 Å². The minimum absolute atomic E-state index is 0.0613. The van der Waals surface area contributed by atoms with Crippen LogP contribution in [0.1, 0.15) is 0 Å². The first kappa shape index (κ1) is 9.39. The molecule has 10 heavy (non-hydrogen) atoms. The maximum Gasteiger partial charge on any atom is 0.227 e. The molecule has 0 saturated carbocycles. The minimum Gasteiger partial charge on any atom is -0.394 e. The van der Waals surface area contributed by atoms with Crippen molar-refractivity contribution in [3.63, 3.8) is 0 Å². The number of nitrogens with zero attached hydrogens (tertiary/aromatic N) is 1. The van der Waals surface area contributed by atoms with E-state index in [1.54, 1.807) is 0 Å². The van der Waals surface area contributed by atoms with Crippen molar-refractivity contribution in [2.45, 2.75) is 6.10 Å². The fraction of sp³-hybridized carbons (Fsp3) is 0.667. The van der Waals surface area contributed by atoms with Crippen molar-refractivity contribution in [2.24, 2.45) is 0 Å². The van der Waals surface area contributed by atoms with Gasteiger partial charge in [0.25, 0.3) is 0 Å². The number of hydrogen-bond acceptors (Lipinski definition) is 3. The summed E-state index contributed by atoms with van der Waals surface area (Å²) in [7, 11) is 1.45. The van der Waals surface area contributed by atoms with Crippen LogP contribution in [0.25, 0.3) is 0 Å². The van der Waals surface area contributed by atoms with E-state index in [2.05, 4.69) is 0 Å². The average molecular weight is 145 g/mol. The molecule has 0 heterocycles. The lowest BCUT2D eigenvalue weighted by Gasteiger charge is -2.16. The second kappa shape index (κ2) is 4.24. The standard InChI is InChI=1S/C6H11NO3/c1-5(9)7(2)3-6(10)4-8/h1,6,8,10H,3-4H2,2H3. The number of likely N-dealkylation sites (N-methyl/N-ethyl adjacent to an activating group) is 1. The molecule has 0 fully saturated rings. The molecule has 58 valence electrons. The molecule has 0 saturated heterocycles. The van der Waals surface area contributed by atoms with E-state index in [1.165, 1.54) is 7.05 Å². The van der Waals surface area contributed by atoms with Gasteiger partial charge in [-0.25, -0.2) is 0 Å². The van der Waals surface area contributed by atoms with Gasteiger partial charge >= 0.3 is 0 Å². The number of hydrogen-bond donors (Lipinski definition) is 2. The van der Waals surface area contributed by atoms with Crippen LogP contribution in [0.4, 0.5) is 0 Å². The molecule has 0 aliphatic carbocycles. The number of aliphatic hydroxyl groups is 2. The van der Waals surface area contributed by atoms with E-state index in [9.17, 15) is 4.79 Å². The molecule has 1 atom stereocenters. The lowest BCUT2D eigenvalue weighted by Crippen LogP contribution is -2.34. The Labute approximate surface area is 60.1 Å². The first-order chi connectivity index (χ1) is 4.57. The molecule has 0 aromatic heterocycles. The van der Waals surface area contributed by atoms with Crippen molar-refractivity contribution in [1.29, 1.82) is 0 Å². The highest BCUT2D eigenvalue weighted by atomic mass is 16.3. The summed E-state index contributed by atoms with van der Waals surface area (Å²) in [6, 6.07) is 0. The van der Waals surface area contributed by atoms with Crippen molar-refractivity contribution >= 4 is 5.91 Å². The number of rotatable bonds is 3. The van der Waals surface area contributed by atoms with E-state index in [-0.39, 0.29) is 13.2 Å². The molecule has 2 N–H and O–H groups in total. The molecular weight excluding hydrogens is 134 g/mol. The topological polar surface area (TPSA) is 60.8 Å². The molecule has 0 spiro atoms. The lowest BCUT2D eigenvalue weighted by molar-refractivity contribution is -0.126. The minimum atomic E-state index is -0.905. The summed E-state index contributed by atoms with van der Waals surface area (Å²) in [5.41, 5.74) is 0. The number of aliphatic hydroxyl groups excluding tert-OH is 2. The highest BCUT2D eigenvalue weighted by Crippen LogP contribution is 1.87. The fourth-order valence-corrected chi connectivity index (χ4v) is 0.464. The molecule has 0 aliphatic heterocycles. The van der Waals surface area contributed by atoms with Crippen LogP contribution in [0.2, 0.25) is 0 Å². The van der Waals surface area contributed by atoms with Crippen LogP contribution < -0.4 is 0 Å². The quantitative estimate of drug-likeness (QED) is 0.508. The third-order valence-corrected chi connectivity index (χ3v) is 1.07. The highest BCUT2D eigenvalue weighted by Gasteiger charge is 2.07. The number of carbonyl (C=O) groups is 1. The lowest BCUT2D eigenvalue weighted by atomic mass is 10.3. The summed E-state index contributed by atoms with van der Waals surface area (Å²) in [6.07, 6.45) is -0.905. The van der Waals surface area contributed by atoms with Gasteiger partial charge in [-0.2, -0.15) is 0 Å². The number of carbonyl (C=O) groups excluding carboxylic acids is 1. The summed E-state index contributed by atoms with van der Waals surface area (Å²) in [4.78, 5) is 11.4. The summed E-state index contributed by atoms with van der Waals surface area (Å²) in [5, 5.41) is 17.1. The maximum absolute atomic E-state index is 10.3. The zero-order valence-electron chi connectivity index (χ0n) is 5.82. The van der Waals surface area contributed by atoms with Gasteiger partial charge in [0.1, 0.15) is 0 Å². The zero-order valence-corrected chi connectivity index (χ0v) is 5.82. The Kier molecular flexibility index (Phi) is 3.99. The molecule has 1 amide bonds. The van der Waals surface area contributed by atoms with Crippen LogP contribution in [-0.2, 0) is 4.79 Å². The summed E-state index contributed by atoms with van der Waals surface area (Å²) in [5.74, 6) is -0.618. The smallest absolute Gasteiger partial charge is 0.227 e. The molecule has 2 radical (unpaired) electrons. The first-order valence-electron chi connectivity index (χ1n) is 2.87. The van der Waals surface area contributed by atoms with Gasteiger partial charge in [-0.15, -0.1) is 0 Å². The van der Waals surface area contributed by atoms with Crippen molar-refractivity contribution < 1.29 is 15.0 Å². The third kappa shape index (κ3) is 3.42. The van der Waals surface area contributed by atoms with Crippen molar-refractivity contribution in [3.05, 3.63) is 6.92 Å². The van der Waals surface area contributed by atoms with Gasteiger partial charge in [-0.1, -0.05) is 0 Å². The predicted molar refractivity (Wildman–Crippen MR) is 35.0 cm³/mol. The van der Waals surface area contributed by atoms with E-state index in [1.807, 2.05) is 0 Å². The normalized spacial score (nSPS) is 12.8. The van der Waals surface area contributed by atoms with E-state index < -0.39 is 12.0 Å². The molecule has 4 nitrogen and oxygen atoms in total. The largest absolute Gasteiger partial charge is 0.394 e. The molecule has 4 heteroatoms. The number of amides is 1. The Bertz CT molecular complexity index is 116. The van der Waals surface area contributed by atoms with Crippen molar-refractivity contribution in [2.75, 3.05) is 20.2 Å². The molecule has 0 aromatic rings. The van der Waals surface area contributed by atoms with E-state index in [0.717, 1.165) is 4.90 Å². The van der Waals surface area contributed by atoms with Crippen LogP contribution in [-0.4, -0.2) is 47.3 Å². The molecule has 0 aromatic carbocycles. The summed E-state index contributed by atoms with van der Waals surface area (Å²) in [6.45, 7) is 4.53. The van der Waals surface area contributed by atoms with Crippen LogP contribution in [0.15, 0.2) is 0 Å². The first-order valence-corrected chi connectivity index (χ1v) is 2.87. The van der Waals surface area contributed by atoms with Gasteiger partial charge in [-0.3, -0.25) is 4.79 Å². The summed E-state index contributed by atoms with van der Waals surface area (Å²) >= 11 is 0. The Morgan fingerprint density at radius 1 is 1.80 bits per heavy atom. The maximum atomic E-state index is 10.3. The molecule has 0 aliphatic rings. The van der Waals surface area contributed by atoms with Crippen LogP contribution in [0.5, 0.6) is 0 Å². The van der Waals surface area contributed by atoms with E-state index >= 15 is 0 Å². The summed E-state index contributed by atoms with van der Waals surface area (Å²) < 4.78 is 0. The monoisotopic (exact) mass is 145 g/mol. The molecule has 0 rings (SSSR count). The van der Waals surface area contributed by atoms with E-state index in [0.29, 0.717) is 0 Å². The van der Waals surface area contributed by atoms with Crippen LogP contribution in [0.3, 0.4) is 0 Å². The van der Waals surface area contributed by atoms with E-state index in [4.69, 9.17) is 17.1 Å². The average Bonchev–Trinajstić information content (AvgIpc) is 1.87. The Hall–Kier alpha value is -0.610.